The first kappa shape index (κ1) is 15.3. The number of rotatable bonds is 4. The molecule has 3 nitrogen and oxygen atoms in total. The highest BCUT2D eigenvalue weighted by atomic mass is 35.5. The van der Waals surface area contributed by atoms with E-state index in [9.17, 15) is 21.6 Å². The zero-order chi connectivity index (χ0) is 14.0. The Hall–Kier alpha value is -0.790. The SMILES string of the molecule is CCC(NS(=O)(=O)c1ccccc1Cl)C(F)(F)F. The molecule has 1 rings (SSSR count). The van der Waals surface area contributed by atoms with Gasteiger partial charge < -0.3 is 0 Å². The highest BCUT2D eigenvalue weighted by Crippen LogP contribution is 2.26. The van der Waals surface area contributed by atoms with Gasteiger partial charge in [-0.25, -0.2) is 8.42 Å². The summed E-state index contributed by atoms with van der Waals surface area (Å²) in [5, 5.41) is -0.123. The average molecular weight is 302 g/mol. The second-order valence-corrected chi connectivity index (χ2v) is 5.64. The van der Waals surface area contributed by atoms with Crippen molar-refractivity contribution >= 4 is 21.6 Å². The van der Waals surface area contributed by atoms with Crippen LogP contribution in [-0.4, -0.2) is 20.6 Å². The monoisotopic (exact) mass is 301 g/mol. The number of hydrogen-bond donors (Lipinski definition) is 1. The molecule has 0 aliphatic rings. The van der Waals surface area contributed by atoms with Crippen LogP contribution in [0.3, 0.4) is 0 Å². The van der Waals surface area contributed by atoms with Crippen LogP contribution in [-0.2, 0) is 10.0 Å². The van der Waals surface area contributed by atoms with Gasteiger partial charge in [-0.2, -0.15) is 17.9 Å². The van der Waals surface area contributed by atoms with Gasteiger partial charge >= 0.3 is 6.18 Å². The maximum Gasteiger partial charge on any atom is 0.404 e. The molecule has 0 amide bonds. The first-order chi connectivity index (χ1) is 8.18. The first-order valence-electron chi connectivity index (χ1n) is 5.02. The molecule has 0 aromatic heterocycles. The second-order valence-electron chi connectivity index (χ2n) is 3.55. The molecule has 8 heteroatoms. The lowest BCUT2D eigenvalue weighted by atomic mass is 10.2. The molecule has 18 heavy (non-hydrogen) atoms. The highest BCUT2D eigenvalue weighted by molar-refractivity contribution is 7.89. The average Bonchev–Trinajstić information content (AvgIpc) is 2.24. The molecule has 0 fully saturated rings. The summed E-state index contributed by atoms with van der Waals surface area (Å²) in [6.07, 6.45) is -5.03. The van der Waals surface area contributed by atoms with E-state index in [1.807, 2.05) is 0 Å². The Balaban J connectivity index is 3.06. The molecule has 0 aliphatic heterocycles. The Morgan fingerprint density at radius 3 is 2.33 bits per heavy atom. The van der Waals surface area contributed by atoms with Gasteiger partial charge in [0.1, 0.15) is 10.9 Å². The third-order valence-electron chi connectivity index (χ3n) is 2.23. The van der Waals surface area contributed by atoms with Crippen LogP contribution in [0.4, 0.5) is 13.2 Å². The van der Waals surface area contributed by atoms with E-state index < -0.39 is 28.7 Å². The number of halogens is 4. The fraction of sp³-hybridized carbons (Fsp3) is 0.400. The summed E-state index contributed by atoms with van der Waals surface area (Å²) < 4.78 is 62.7. The van der Waals surface area contributed by atoms with Gasteiger partial charge in [-0.3, -0.25) is 0 Å². The van der Waals surface area contributed by atoms with E-state index in [-0.39, 0.29) is 9.92 Å². The predicted molar refractivity (Wildman–Crippen MR) is 61.9 cm³/mol. The van der Waals surface area contributed by atoms with Gasteiger partial charge in [-0.05, 0) is 18.6 Å². The molecule has 1 atom stereocenters. The Kier molecular flexibility index (Phi) is 4.63. The van der Waals surface area contributed by atoms with Crippen molar-refractivity contribution in [1.29, 1.82) is 0 Å². The van der Waals surface area contributed by atoms with Crippen molar-refractivity contribution in [1.82, 2.24) is 4.72 Å². The van der Waals surface area contributed by atoms with Gasteiger partial charge in [0.25, 0.3) is 0 Å². The molecular formula is C10H11ClF3NO2S. The molecule has 0 saturated heterocycles. The molecule has 0 spiro atoms. The predicted octanol–water partition coefficient (Wildman–Crippen LogP) is 2.96. The smallest absolute Gasteiger partial charge is 0.207 e. The lowest BCUT2D eigenvalue weighted by molar-refractivity contribution is -0.151. The molecule has 0 aliphatic carbocycles. The lowest BCUT2D eigenvalue weighted by Crippen LogP contribution is -2.44. The van der Waals surface area contributed by atoms with Gasteiger partial charge in [0.2, 0.25) is 10.0 Å². The van der Waals surface area contributed by atoms with Crippen molar-refractivity contribution in [2.45, 2.75) is 30.5 Å². The molecule has 0 bridgehead atoms. The minimum Gasteiger partial charge on any atom is -0.207 e. The van der Waals surface area contributed by atoms with E-state index in [1.54, 1.807) is 4.72 Å². The minimum atomic E-state index is -4.64. The highest BCUT2D eigenvalue weighted by Gasteiger charge is 2.41. The molecule has 0 heterocycles. The topological polar surface area (TPSA) is 46.2 Å². The fourth-order valence-electron chi connectivity index (χ4n) is 1.30. The maximum absolute atomic E-state index is 12.5. The Morgan fingerprint density at radius 1 is 1.33 bits per heavy atom. The van der Waals surface area contributed by atoms with E-state index in [2.05, 4.69) is 0 Å². The zero-order valence-corrected chi connectivity index (χ0v) is 10.9. The third kappa shape index (κ3) is 3.60. The summed E-state index contributed by atoms with van der Waals surface area (Å²) >= 11 is 5.65. The Morgan fingerprint density at radius 2 is 1.89 bits per heavy atom. The number of nitrogens with one attached hydrogen (secondary N) is 1. The van der Waals surface area contributed by atoms with Crippen LogP contribution >= 0.6 is 11.6 Å². The standard InChI is InChI=1S/C10H11ClF3NO2S/c1-2-9(10(12,13)14)15-18(16,17)8-6-4-3-5-7(8)11/h3-6,9,15H,2H2,1H3. The van der Waals surface area contributed by atoms with Gasteiger partial charge in [-0.15, -0.1) is 0 Å². The number of hydrogen-bond acceptors (Lipinski definition) is 2. The van der Waals surface area contributed by atoms with Crippen molar-refractivity contribution in [2.75, 3.05) is 0 Å². The number of alkyl halides is 3. The Labute approximate surface area is 108 Å². The quantitative estimate of drug-likeness (QED) is 0.929. The molecule has 1 aromatic carbocycles. The number of benzene rings is 1. The first-order valence-corrected chi connectivity index (χ1v) is 6.88. The minimum absolute atomic E-state index is 0.123. The lowest BCUT2D eigenvalue weighted by Gasteiger charge is -2.20. The molecule has 102 valence electrons. The van der Waals surface area contributed by atoms with E-state index in [1.165, 1.54) is 25.1 Å². The van der Waals surface area contributed by atoms with E-state index in [4.69, 9.17) is 11.6 Å². The second kappa shape index (κ2) is 5.46. The van der Waals surface area contributed by atoms with Crippen LogP contribution < -0.4 is 4.72 Å². The van der Waals surface area contributed by atoms with Crippen LogP contribution in [0.1, 0.15) is 13.3 Å². The molecule has 0 radical (unpaired) electrons. The largest absolute Gasteiger partial charge is 0.404 e. The normalized spacial score (nSPS) is 14.5. The summed E-state index contributed by atoms with van der Waals surface area (Å²) in [5.74, 6) is 0. The number of sulfonamides is 1. The van der Waals surface area contributed by atoms with Crippen molar-refractivity contribution in [3.63, 3.8) is 0 Å². The van der Waals surface area contributed by atoms with Gasteiger partial charge in [0, 0.05) is 0 Å². The maximum atomic E-state index is 12.5. The third-order valence-corrected chi connectivity index (χ3v) is 4.20. The van der Waals surface area contributed by atoms with E-state index >= 15 is 0 Å². The van der Waals surface area contributed by atoms with Crippen LogP contribution in [0.25, 0.3) is 0 Å². The summed E-state index contributed by atoms with van der Waals surface area (Å²) in [5.41, 5.74) is 0. The summed E-state index contributed by atoms with van der Waals surface area (Å²) in [6.45, 7) is 1.24. The molecule has 0 saturated carbocycles. The molecule has 1 aromatic rings. The molecular weight excluding hydrogens is 291 g/mol. The van der Waals surface area contributed by atoms with Crippen LogP contribution in [0, 0.1) is 0 Å². The van der Waals surface area contributed by atoms with E-state index in [0.717, 1.165) is 6.07 Å². The van der Waals surface area contributed by atoms with Gasteiger partial charge in [-0.1, -0.05) is 30.7 Å². The fourth-order valence-corrected chi connectivity index (χ4v) is 3.12. The van der Waals surface area contributed by atoms with Crippen molar-refractivity contribution in [2.24, 2.45) is 0 Å². The molecule has 1 unspecified atom stereocenters. The zero-order valence-electron chi connectivity index (χ0n) is 9.33. The van der Waals surface area contributed by atoms with Crippen molar-refractivity contribution < 1.29 is 21.6 Å². The summed E-state index contributed by atoms with van der Waals surface area (Å²) in [4.78, 5) is -0.366. The van der Waals surface area contributed by atoms with Crippen LogP contribution in [0.2, 0.25) is 5.02 Å². The Bertz CT molecular complexity index is 516. The van der Waals surface area contributed by atoms with Crippen molar-refractivity contribution in [3.05, 3.63) is 29.3 Å². The molecule has 1 N–H and O–H groups in total. The van der Waals surface area contributed by atoms with E-state index in [0.29, 0.717) is 0 Å². The summed E-state index contributed by atoms with van der Waals surface area (Å²) in [7, 11) is -4.29. The van der Waals surface area contributed by atoms with Gasteiger partial charge in [0.15, 0.2) is 0 Å². The van der Waals surface area contributed by atoms with Crippen molar-refractivity contribution in [3.8, 4) is 0 Å². The summed E-state index contributed by atoms with van der Waals surface area (Å²) in [6, 6.07) is 3.19. The van der Waals surface area contributed by atoms with Crippen LogP contribution in [0.5, 0.6) is 0 Å². The van der Waals surface area contributed by atoms with Crippen LogP contribution in [0.15, 0.2) is 29.2 Å². The van der Waals surface area contributed by atoms with Gasteiger partial charge in [0.05, 0.1) is 5.02 Å².